The molecule has 6 N–H and O–H groups in total. The van der Waals surface area contributed by atoms with Crippen LogP contribution < -0.4 is 21.3 Å². The Bertz CT molecular complexity index is 2310. The third kappa shape index (κ3) is 25.4. The summed E-state index contributed by atoms with van der Waals surface area (Å²) >= 11 is 0. The van der Waals surface area contributed by atoms with E-state index in [0.717, 1.165) is 27.5 Å². The molecule has 0 rings (SSSR count). The number of nitrogens with one attached hydrogen (secondary N) is 4. The molecule has 0 bridgehead atoms. The molecule has 0 saturated carbocycles. The number of hydrogen-bond donors (Lipinski definition) is 6. The van der Waals surface area contributed by atoms with Crippen LogP contribution in [0.5, 0.6) is 0 Å². The molecule has 0 aliphatic carbocycles. The highest BCUT2D eigenvalue weighted by atomic mass is 16.3. The van der Waals surface area contributed by atoms with Crippen molar-refractivity contribution >= 4 is 65.0 Å². The van der Waals surface area contributed by atoms with E-state index in [4.69, 9.17) is 0 Å². The van der Waals surface area contributed by atoms with Gasteiger partial charge in [-0.05, 0) is 86.9 Å². The Morgan fingerprint density at radius 3 is 1.28 bits per heavy atom. The molecular formula is C65H121N11O13. The number of unbranched alkanes of at least 4 members (excludes halogenated alkanes) is 2. The lowest BCUT2D eigenvalue weighted by molar-refractivity contribution is -0.154. The molecule has 0 fully saturated rings. The summed E-state index contributed by atoms with van der Waals surface area (Å²) in [6, 6.07) is -12.0. The summed E-state index contributed by atoms with van der Waals surface area (Å²) in [5.41, 5.74) is 0. The summed E-state index contributed by atoms with van der Waals surface area (Å²) < 4.78 is 0. The van der Waals surface area contributed by atoms with Crippen molar-refractivity contribution in [2.45, 2.75) is 248 Å². The minimum absolute atomic E-state index is 0.0198. The van der Waals surface area contributed by atoms with Crippen LogP contribution in [-0.2, 0) is 52.7 Å². The zero-order valence-electron chi connectivity index (χ0n) is 59.2. The number of carbonyl (C=O) groups is 11. The standard InChI is InChI=1S/C65H121N11O13/c1-26-28-29-30-46(56(80)66-44(17)60(84)73(22)49(35-40(9)10)62(86)70(18)19)68-57(81)47(33-38(5)6)72(21)64(88)52(41(11)12)69-58(82)48(34-39(7)8)71(20)63(87)50(36-77)74(23)61(85)45(27-2)67-59(83)54(55(79)43(15)16)76(25)65(89)53(42(13)14)75(24)51(78)32-31-37(3)4/h37-50,52-55,77,79H,26-36H2,1-25H3,(H,66,80)(H,67,83)(H,68,81)(H,69,82)/t44-,45+,46+,47+,48-,49+,50+,52+,53+,54-,55+/m0/s1. The van der Waals surface area contributed by atoms with E-state index in [0.29, 0.717) is 19.3 Å². The molecule has 0 unspecified atom stereocenters. The second-order valence-corrected chi connectivity index (χ2v) is 27.4. The number of hydrogen-bond acceptors (Lipinski definition) is 13. The van der Waals surface area contributed by atoms with Crippen LogP contribution in [0.1, 0.15) is 182 Å². The Kier molecular flexibility index (Phi) is 36.8. The molecule has 0 heterocycles. The lowest BCUT2D eigenvalue weighted by Crippen LogP contribution is -2.63. The first-order chi connectivity index (χ1) is 41.1. The predicted octanol–water partition coefficient (Wildman–Crippen LogP) is 3.88. The van der Waals surface area contributed by atoms with Gasteiger partial charge >= 0.3 is 0 Å². The van der Waals surface area contributed by atoms with E-state index in [1.54, 1.807) is 62.6 Å². The van der Waals surface area contributed by atoms with Crippen LogP contribution in [0.15, 0.2) is 0 Å². The minimum Gasteiger partial charge on any atom is -0.394 e. The van der Waals surface area contributed by atoms with Crippen molar-refractivity contribution in [1.29, 1.82) is 0 Å². The van der Waals surface area contributed by atoms with Crippen molar-refractivity contribution < 1.29 is 63.0 Å². The van der Waals surface area contributed by atoms with E-state index in [2.05, 4.69) is 21.3 Å². The largest absolute Gasteiger partial charge is 0.394 e. The van der Waals surface area contributed by atoms with Crippen molar-refractivity contribution in [1.82, 2.24) is 55.6 Å². The molecule has 514 valence electrons. The van der Waals surface area contributed by atoms with Gasteiger partial charge in [0.05, 0.1) is 12.7 Å². The van der Waals surface area contributed by atoms with Gasteiger partial charge in [0.25, 0.3) is 0 Å². The monoisotopic (exact) mass is 1260 g/mol. The second-order valence-electron chi connectivity index (χ2n) is 27.4. The maximum Gasteiger partial charge on any atom is 0.248 e. The van der Waals surface area contributed by atoms with E-state index in [9.17, 15) is 63.0 Å². The number of amides is 11. The van der Waals surface area contributed by atoms with Crippen LogP contribution in [0.3, 0.4) is 0 Å². The molecular weight excluding hydrogens is 1140 g/mol. The number of aliphatic hydroxyl groups is 2. The lowest BCUT2D eigenvalue weighted by Gasteiger charge is -2.39. The normalized spacial score (nSPS) is 15.4. The first-order valence-corrected chi connectivity index (χ1v) is 32.4. The van der Waals surface area contributed by atoms with Gasteiger partial charge in [-0.3, -0.25) is 52.7 Å². The predicted molar refractivity (Wildman–Crippen MR) is 346 cm³/mol. The average Bonchev–Trinajstić information content (AvgIpc) is 1.12. The van der Waals surface area contributed by atoms with E-state index in [1.165, 1.54) is 68.8 Å². The second kappa shape index (κ2) is 39.4. The Labute approximate surface area is 534 Å². The van der Waals surface area contributed by atoms with Crippen molar-refractivity contribution in [2.75, 3.05) is 63.0 Å². The summed E-state index contributed by atoms with van der Waals surface area (Å²) in [6.45, 7) is 29.8. The fourth-order valence-electron chi connectivity index (χ4n) is 10.7. The van der Waals surface area contributed by atoms with Gasteiger partial charge in [-0.2, -0.15) is 0 Å². The Balaban J connectivity index is 6.97. The van der Waals surface area contributed by atoms with E-state index < -0.39 is 138 Å². The van der Waals surface area contributed by atoms with Crippen LogP contribution in [0.25, 0.3) is 0 Å². The molecule has 11 atom stereocenters. The Hall–Kier alpha value is -5.91. The molecule has 0 radical (unpaired) electrons. The maximum atomic E-state index is 14.8. The first-order valence-electron chi connectivity index (χ1n) is 32.4. The van der Waals surface area contributed by atoms with Gasteiger partial charge in [-0.15, -0.1) is 0 Å². The third-order valence-electron chi connectivity index (χ3n) is 16.5. The van der Waals surface area contributed by atoms with Gasteiger partial charge < -0.3 is 65.8 Å². The van der Waals surface area contributed by atoms with E-state index >= 15 is 0 Å². The molecule has 89 heavy (non-hydrogen) atoms. The van der Waals surface area contributed by atoms with Crippen LogP contribution in [0.2, 0.25) is 0 Å². The molecule has 24 nitrogen and oxygen atoms in total. The number of likely N-dealkylation sites (N-methyl/N-ethyl adjacent to an activating group) is 7. The Morgan fingerprint density at radius 1 is 0.393 bits per heavy atom. The zero-order valence-corrected chi connectivity index (χ0v) is 59.2. The smallest absolute Gasteiger partial charge is 0.248 e. The highest BCUT2D eigenvalue weighted by molar-refractivity contribution is 5.99. The highest BCUT2D eigenvalue weighted by Gasteiger charge is 2.44. The molecule has 24 heteroatoms. The van der Waals surface area contributed by atoms with Crippen LogP contribution in [0, 0.1) is 41.4 Å². The third-order valence-corrected chi connectivity index (χ3v) is 16.5. The molecule has 0 aliphatic heterocycles. The lowest BCUT2D eigenvalue weighted by atomic mass is 9.94. The summed E-state index contributed by atoms with van der Waals surface area (Å²) in [4.78, 5) is 165. The molecule has 0 spiro atoms. The van der Waals surface area contributed by atoms with Gasteiger partial charge in [0, 0.05) is 62.8 Å². The summed E-state index contributed by atoms with van der Waals surface area (Å²) in [5.74, 6) is -8.22. The zero-order chi connectivity index (χ0) is 69.4. The van der Waals surface area contributed by atoms with Crippen LogP contribution in [-0.4, -0.2) is 239 Å². The summed E-state index contributed by atoms with van der Waals surface area (Å²) in [7, 11) is 11.7. The fourth-order valence-corrected chi connectivity index (χ4v) is 10.7. The topological polar surface area (TPSA) is 299 Å². The van der Waals surface area contributed by atoms with Crippen molar-refractivity contribution in [2.24, 2.45) is 41.4 Å². The van der Waals surface area contributed by atoms with Crippen molar-refractivity contribution in [3.8, 4) is 0 Å². The van der Waals surface area contributed by atoms with E-state index in [1.807, 2.05) is 62.3 Å². The number of carbonyl (C=O) groups excluding carboxylic acids is 11. The Morgan fingerprint density at radius 2 is 0.854 bits per heavy atom. The van der Waals surface area contributed by atoms with Crippen molar-refractivity contribution in [3.05, 3.63) is 0 Å². The van der Waals surface area contributed by atoms with Crippen molar-refractivity contribution in [3.63, 3.8) is 0 Å². The molecule has 0 aromatic rings. The van der Waals surface area contributed by atoms with Crippen LogP contribution >= 0.6 is 0 Å². The van der Waals surface area contributed by atoms with Gasteiger partial charge in [-0.25, -0.2) is 0 Å². The molecule has 11 amide bonds. The number of aliphatic hydroxyl groups excluding tert-OH is 2. The number of rotatable bonds is 39. The summed E-state index contributed by atoms with van der Waals surface area (Å²) in [6.07, 6.45) is 2.35. The SMILES string of the molecule is CCCCC[C@@H](NC(=O)[C@@H](CC(C)C)N(C)C(=O)[C@H](NC(=O)[C@H](CC(C)C)N(C)C(=O)[C@@H](CO)N(C)C(=O)[C@@H](CC)NC(=O)[C@H]([C@H](O)C(C)C)N(C)C(=O)[C@@H](C(C)C)N(C)C(=O)CCC(C)C)C(C)C)C(=O)N[C@@H](C)C(=O)N(C)[C@H](CC(C)C)C(=O)N(C)C. The van der Waals surface area contributed by atoms with Gasteiger partial charge in [0.15, 0.2) is 0 Å². The van der Waals surface area contributed by atoms with Gasteiger partial charge in [0.2, 0.25) is 65.0 Å². The van der Waals surface area contributed by atoms with Crippen LogP contribution in [0.4, 0.5) is 0 Å². The molecule has 0 aromatic heterocycles. The van der Waals surface area contributed by atoms with Gasteiger partial charge in [0.1, 0.15) is 60.4 Å². The highest BCUT2D eigenvalue weighted by Crippen LogP contribution is 2.23. The quantitative estimate of drug-likeness (QED) is 0.0477. The molecule has 0 aromatic carbocycles. The van der Waals surface area contributed by atoms with Gasteiger partial charge in [-0.1, -0.05) is 130 Å². The average molecular weight is 1260 g/mol. The maximum absolute atomic E-state index is 14.8. The van der Waals surface area contributed by atoms with E-state index in [-0.39, 0.29) is 73.5 Å². The molecule has 0 saturated heterocycles. The minimum atomic E-state index is -1.58. The molecule has 0 aliphatic rings. The first kappa shape index (κ1) is 83.1. The number of nitrogens with zero attached hydrogens (tertiary/aromatic N) is 7. The summed E-state index contributed by atoms with van der Waals surface area (Å²) in [5, 5.41) is 33.5. The fraction of sp³-hybridized carbons (Fsp3) is 0.831.